The van der Waals surface area contributed by atoms with E-state index < -0.39 is 0 Å². The van der Waals surface area contributed by atoms with Gasteiger partial charge < -0.3 is 14.0 Å². The fourth-order valence-corrected chi connectivity index (χ4v) is 5.76. The molecule has 0 atom stereocenters. The van der Waals surface area contributed by atoms with Crippen molar-refractivity contribution in [1.29, 1.82) is 0 Å². The molecule has 0 spiro atoms. The van der Waals surface area contributed by atoms with E-state index in [1.54, 1.807) is 6.20 Å². The quantitative estimate of drug-likeness (QED) is 0.134. The number of pyridine rings is 1. The SMILES string of the molecule is [Ir+3].[c-]1cc2c(cc1-n1[c-][n+](-c3ccccc3)cc1)c1cccc3c4ccccc4n2c13.[c-]1ccccc1-c1ccccn1. The average Bonchev–Trinajstić information content (AvgIpc) is 3.79. The summed E-state index contributed by atoms with van der Waals surface area (Å²) in [5, 5.41) is 5.11. The number of nitrogens with zero attached hydrogens (tertiary/aromatic N) is 4. The third-order valence-corrected chi connectivity index (χ3v) is 7.66. The van der Waals surface area contributed by atoms with Crippen molar-refractivity contribution in [2.75, 3.05) is 0 Å². The molecular weight excluding hydrogens is 705 g/mol. The minimum atomic E-state index is 0. The van der Waals surface area contributed by atoms with Crippen molar-refractivity contribution >= 4 is 38.1 Å². The smallest absolute Gasteiger partial charge is 0.363 e. The molecule has 4 heterocycles. The zero-order valence-electron chi connectivity index (χ0n) is 23.0. The fraction of sp³-hybridized carbons (Fsp3) is 0. The van der Waals surface area contributed by atoms with Gasteiger partial charge in [0, 0.05) is 40.4 Å². The van der Waals surface area contributed by atoms with Gasteiger partial charge >= 0.3 is 20.1 Å². The fourth-order valence-electron chi connectivity index (χ4n) is 5.76. The Labute approximate surface area is 262 Å². The number of hydrogen-bond donors (Lipinski definition) is 0. The Morgan fingerprint density at radius 2 is 1.42 bits per heavy atom. The molecule has 0 radical (unpaired) electrons. The molecule has 4 aromatic heterocycles. The third kappa shape index (κ3) is 4.69. The predicted octanol–water partition coefficient (Wildman–Crippen LogP) is 8.05. The maximum atomic E-state index is 4.22. The van der Waals surface area contributed by atoms with Gasteiger partial charge in [-0.3, -0.25) is 4.57 Å². The summed E-state index contributed by atoms with van der Waals surface area (Å²) in [6, 6.07) is 50.1. The number of fused-ring (bicyclic) bond motifs is 6. The Bertz CT molecular complexity index is 2250. The first-order chi connectivity index (χ1) is 20.8. The van der Waals surface area contributed by atoms with Gasteiger partial charge in [0.05, 0.1) is 5.69 Å². The second-order valence-corrected chi connectivity index (χ2v) is 10.1. The van der Waals surface area contributed by atoms with Gasteiger partial charge in [0.1, 0.15) is 0 Å². The predicted molar refractivity (Wildman–Crippen MR) is 168 cm³/mol. The van der Waals surface area contributed by atoms with Gasteiger partial charge in [0.2, 0.25) is 0 Å². The molecule has 9 aromatic rings. The van der Waals surface area contributed by atoms with E-state index in [2.05, 4.69) is 94.6 Å². The molecule has 0 N–H and O–H groups in total. The van der Waals surface area contributed by atoms with Gasteiger partial charge in [-0.25, -0.2) is 0 Å². The average molecular weight is 729 g/mol. The van der Waals surface area contributed by atoms with E-state index in [1.807, 2.05) is 82.2 Å². The van der Waals surface area contributed by atoms with Gasteiger partial charge in [0.15, 0.2) is 0 Å². The van der Waals surface area contributed by atoms with Crippen LogP contribution in [-0.2, 0) is 20.1 Å². The molecule has 4 nitrogen and oxygen atoms in total. The standard InChI is InChI=1S/C27H16N3.C11H8N.Ir/c1-2-7-19(8-3-1)28-15-16-29(18-28)20-13-14-26-24(17-20)23-11-6-10-22-21-9-4-5-12-25(21)30(26)27(22)23;1-2-6-10(7-3-1)11-8-4-5-9-12-11;/h1-12,14-17H;1-6,8-9H;/q2*-1;+3. The van der Waals surface area contributed by atoms with Crippen molar-refractivity contribution in [1.82, 2.24) is 14.0 Å². The van der Waals surface area contributed by atoms with Crippen LogP contribution in [-0.4, -0.2) is 14.0 Å². The summed E-state index contributed by atoms with van der Waals surface area (Å²) in [6.07, 6.45) is 9.24. The Kier molecular flexibility index (Phi) is 7.04. The van der Waals surface area contributed by atoms with Crippen molar-refractivity contribution < 1.29 is 24.7 Å². The van der Waals surface area contributed by atoms with E-state index in [0.717, 1.165) is 22.6 Å². The number of imidazole rings is 1. The molecule has 0 bridgehead atoms. The van der Waals surface area contributed by atoms with E-state index in [4.69, 9.17) is 0 Å². The van der Waals surface area contributed by atoms with Crippen molar-refractivity contribution in [3.05, 3.63) is 164 Å². The van der Waals surface area contributed by atoms with Gasteiger partial charge in [-0.05, 0) is 41.0 Å². The Balaban J connectivity index is 0.000000195. The van der Waals surface area contributed by atoms with E-state index >= 15 is 0 Å². The van der Waals surface area contributed by atoms with Crippen molar-refractivity contribution in [2.24, 2.45) is 0 Å². The van der Waals surface area contributed by atoms with Gasteiger partial charge in [-0.15, -0.1) is 47.3 Å². The zero-order valence-corrected chi connectivity index (χ0v) is 25.4. The summed E-state index contributed by atoms with van der Waals surface area (Å²) >= 11 is 0. The number of aromatic nitrogens is 4. The molecule has 0 amide bonds. The van der Waals surface area contributed by atoms with Crippen LogP contribution in [0.1, 0.15) is 0 Å². The molecule has 0 aliphatic carbocycles. The largest absolute Gasteiger partial charge is 3.00 e. The Morgan fingerprint density at radius 3 is 2.23 bits per heavy atom. The summed E-state index contributed by atoms with van der Waals surface area (Å²) in [4.78, 5) is 4.22. The van der Waals surface area contributed by atoms with Crippen LogP contribution in [0.3, 0.4) is 0 Å². The molecule has 0 fully saturated rings. The van der Waals surface area contributed by atoms with E-state index in [-0.39, 0.29) is 20.1 Å². The van der Waals surface area contributed by atoms with Crippen molar-refractivity contribution in [3.63, 3.8) is 0 Å². The van der Waals surface area contributed by atoms with Crippen LogP contribution in [0.25, 0.3) is 60.7 Å². The summed E-state index contributed by atoms with van der Waals surface area (Å²) in [5.74, 6) is 0. The molecule has 0 saturated carbocycles. The molecule has 0 aliphatic rings. The normalized spacial score (nSPS) is 11.1. The number of hydrogen-bond acceptors (Lipinski definition) is 1. The zero-order chi connectivity index (χ0) is 27.9. The van der Waals surface area contributed by atoms with Crippen LogP contribution in [0, 0.1) is 18.5 Å². The van der Waals surface area contributed by atoms with Gasteiger partial charge in [0.25, 0.3) is 6.33 Å². The first-order valence-electron chi connectivity index (χ1n) is 13.9. The third-order valence-electron chi connectivity index (χ3n) is 7.66. The first-order valence-corrected chi connectivity index (χ1v) is 13.9. The van der Waals surface area contributed by atoms with Crippen LogP contribution in [0.5, 0.6) is 0 Å². The van der Waals surface area contributed by atoms with Crippen LogP contribution in [0.4, 0.5) is 0 Å². The molecule has 5 heteroatoms. The van der Waals surface area contributed by atoms with E-state index in [1.165, 1.54) is 38.1 Å². The summed E-state index contributed by atoms with van der Waals surface area (Å²) in [6.45, 7) is 0. The molecule has 43 heavy (non-hydrogen) atoms. The molecule has 0 unspecified atom stereocenters. The van der Waals surface area contributed by atoms with Gasteiger partial charge in [-0.2, -0.15) is 12.1 Å². The summed E-state index contributed by atoms with van der Waals surface area (Å²) < 4.78 is 6.37. The van der Waals surface area contributed by atoms with E-state index in [0.29, 0.717) is 0 Å². The van der Waals surface area contributed by atoms with Crippen LogP contribution >= 0.6 is 0 Å². The number of rotatable bonds is 3. The molecule has 5 aromatic carbocycles. The molecule has 204 valence electrons. The first kappa shape index (κ1) is 26.8. The van der Waals surface area contributed by atoms with Crippen LogP contribution < -0.4 is 4.57 Å². The second-order valence-electron chi connectivity index (χ2n) is 10.1. The topological polar surface area (TPSA) is 26.1 Å². The molecule has 0 aliphatic heterocycles. The van der Waals surface area contributed by atoms with Gasteiger partial charge in [-0.1, -0.05) is 72.2 Å². The minimum absolute atomic E-state index is 0. The Hall–Kier alpha value is -5.09. The number of para-hydroxylation sites is 3. The Morgan fingerprint density at radius 1 is 0.651 bits per heavy atom. The molecular formula is C38H24IrN4+. The maximum Gasteiger partial charge on any atom is 3.00 e. The van der Waals surface area contributed by atoms with Crippen molar-refractivity contribution in [2.45, 2.75) is 0 Å². The van der Waals surface area contributed by atoms with Crippen LogP contribution in [0.2, 0.25) is 0 Å². The molecule has 0 saturated heterocycles. The van der Waals surface area contributed by atoms with E-state index in [9.17, 15) is 0 Å². The monoisotopic (exact) mass is 729 g/mol. The second kappa shape index (κ2) is 11.3. The maximum absolute atomic E-state index is 4.22. The summed E-state index contributed by atoms with van der Waals surface area (Å²) in [5.41, 5.74) is 7.80. The van der Waals surface area contributed by atoms with Crippen LogP contribution in [0.15, 0.2) is 146 Å². The van der Waals surface area contributed by atoms with Crippen molar-refractivity contribution in [3.8, 4) is 22.6 Å². The molecule has 9 rings (SSSR count). The number of benzene rings is 5. The summed E-state index contributed by atoms with van der Waals surface area (Å²) in [7, 11) is 0. The minimum Gasteiger partial charge on any atom is -0.363 e.